The maximum absolute atomic E-state index is 11.7. The van der Waals surface area contributed by atoms with E-state index in [-0.39, 0.29) is 17.1 Å². The fourth-order valence-electron chi connectivity index (χ4n) is 1.16. The van der Waals surface area contributed by atoms with Crippen LogP contribution in [-0.4, -0.2) is 45.0 Å². The molecule has 0 fully saturated rings. The van der Waals surface area contributed by atoms with Crippen LogP contribution in [0.2, 0.25) is 0 Å². The average molecular weight is 301 g/mol. The van der Waals surface area contributed by atoms with Crippen LogP contribution in [0.1, 0.15) is 5.56 Å². The van der Waals surface area contributed by atoms with Crippen LogP contribution >= 0.6 is 0 Å². The smallest absolute Gasteiger partial charge is 0.384 e. The number of hydrogen-bond donors (Lipinski definition) is 1. The van der Waals surface area contributed by atoms with Gasteiger partial charge in [0.25, 0.3) is 0 Å². The minimum Gasteiger partial charge on any atom is -0.508 e. The predicted molar refractivity (Wildman–Crippen MR) is 72.4 cm³/mol. The van der Waals surface area contributed by atoms with Crippen molar-refractivity contribution in [2.75, 3.05) is 21.2 Å². The van der Waals surface area contributed by atoms with Gasteiger partial charge in [0, 0.05) is 25.7 Å². The number of ether oxygens (including phenoxy) is 1. The zero-order chi connectivity index (χ0) is 15.3. The zero-order valence-corrected chi connectivity index (χ0v) is 12.0. The van der Waals surface area contributed by atoms with Crippen LogP contribution in [0.5, 0.6) is 11.5 Å². The molecule has 1 aromatic rings. The lowest BCUT2D eigenvalue weighted by Gasteiger charge is -2.13. The fraction of sp³-hybridized carbons (Fsp3) is 0.250. The number of esters is 1. The molecule has 8 heteroatoms. The summed E-state index contributed by atoms with van der Waals surface area (Å²) in [4.78, 5) is 11.0. The van der Waals surface area contributed by atoms with Crippen molar-refractivity contribution in [3.05, 3.63) is 29.8 Å². The van der Waals surface area contributed by atoms with Crippen LogP contribution in [0.4, 0.5) is 0 Å². The monoisotopic (exact) mass is 301 g/mol. The van der Waals surface area contributed by atoms with E-state index in [0.717, 1.165) is 10.4 Å². The SMILES string of the molecule is COC(=O)/C=C/c1cc(O)ccc1OS(=O)(=O)N(C)C. The van der Waals surface area contributed by atoms with Crippen LogP contribution in [0.25, 0.3) is 6.08 Å². The van der Waals surface area contributed by atoms with Gasteiger partial charge in [-0.15, -0.1) is 0 Å². The molecule has 0 saturated heterocycles. The Balaban J connectivity index is 3.15. The Morgan fingerprint density at radius 1 is 1.35 bits per heavy atom. The first-order valence-electron chi connectivity index (χ1n) is 5.47. The Hall–Kier alpha value is -2.06. The first-order chi connectivity index (χ1) is 9.26. The van der Waals surface area contributed by atoms with Crippen molar-refractivity contribution in [1.29, 1.82) is 0 Å². The van der Waals surface area contributed by atoms with Gasteiger partial charge in [0.15, 0.2) is 5.75 Å². The van der Waals surface area contributed by atoms with E-state index in [1.165, 1.54) is 45.5 Å². The second kappa shape index (κ2) is 6.40. The van der Waals surface area contributed by atoms with E-state index >= 15 is 0 Å². The third-order valence-electron chi connectivity index (χ3n) is 2.24. The summed E-state index contributed by atoms with van der Waals surface area (Å²) in [5.41, 5.74) is 0.223. The van der Waals surface area contributed by atoms with E-state index in [0.29, 0.717) is 0 Å². The van der Waals surface area contributed by atoms with Crippen LogP contribution in [0.15, 0.2) is 24.3 Å². The van der Waals surface area contributed by atoms with E-state index in [1.807, 2.05) is 0 Å². The molecule has 1 aromatic carbocycles. The van der Waals surface area contributed by atoms with Gasteiger partial charge in [-0.25, -0.2) is 4.79 Å². The maximum Gasteiger partial charge on any atom is 0.384 e. The largest absolute Gasteiger partial charge is 0.508 e. The van der Waals surface area contributed by atoms with E-state index in [1.54, 1.807) is 0 Å². The Bertz CT molecular complexity index is 621. The molecule has 0 bridgehead atoms. The highest BCUT2D eigenvalue weighted by Gasteiger charge is 2.17. The molecule has 0 aromatic heterocycles. The summed E-state index contributed by atoms with van der Waals surface area (Å²) in [6, 6.07) is 3.82. The van der Waals surface area contributed by atoms with Gasteiger partial charge in [-0.3, -0.25) is 0 Å². The minimum absolute atomic E-state index is 0.0170. The standard InChI is InChI=1S/C12H15NO6S/c1-13(2)20(16,17)19-11-6-5-10(14)8-9(11)4-7-12(15)18-3/h4-8,14H,1-3H3/b7-4+. The number of aromatic hydroxyl groups is 1. The highest BCUT2D eigenvalue weighted by Crippen LogP contribution is 2.26. The summed E-state index contributed by atoms with van der Waals surface area (Å²) < 4.78 is 33.5. The Kier molecular flexibility index (Phi) is 5.12. The lowest BCUT2D eigenvalue weighted by molar-refractivity contribution is -0.134. The quantitative estimate of drug-likeness (QED) is 0.637. The Morgan fingerprint density at radius 2 is 2.00 bits per heavy atom. The van der Waals surface area contributed by atoms with Gasteiger partial charge in [0.2, 0.25) is 0 Å². The molecule has 0 aliphatic heterocycles. The molecule has 0 aliphatic carbocycles. The molecular weight excluding hydrogens is 286 g/mol. The number of phenols is 1. The zero-order valence-electron chi connectivity index (χ0n) is 11.2. The van der Waals surface area contributed by atoms with E-state index in [9.17, 15) is 18.3 Å². The van der Waals surface area contributed by atoms with Crippen molar-refractivity contribution in [3.63, 3.8) is 0 Å². The van der Waals surface area contributed by atoms with Gasteiger partial charge in [-0.1, -0.05) is 0 Å². The van der Waals surface area contributed by atoms with Crippen LogP contribution in [-0.2, 0) is 19.8 Å². The lowest BCUT2D eigenvalue weighted by Crippen LogP contribution is -2.27. The normalized spacial score (nSPS) is 11.8. The molecular formula is C12H15NO6S. The van der Waals surface area contributed by atoms with Crippen molar-refractivity contribution in [1.82, 2.24) is 4.31 Å². The number of phenolic OH excluding ortho intramolecular Hbond substituents is 1. The number of hydrogen-bond acceptors (Lipinski definition) is 6. The topological polar surface area (TPSA) is 93.1 Å². The predicted octanol–water partition coefficient (Wildman–Crippen LogP) is 0.764. The maximum atomic E-state index is 11.7. The summed E-state index contributed by atoms with van der Waals surface area (Å²) in [5.74, 6) is -0.726. The van der Waals surface area contributed by atoms with E-state index < -0.39 is 16.3 Å². The molecule has 0 heterocycles. The van der Waals surface area contributed by atoms with Crippen LogP contribution in [0.3, 0.4) is 0 Å². The van der Waals surface area contributed by atoms with Gasteiger partial charge in [-0.2, -0.15) is 12.7 Å². The molecule has 20 heavy (non-hydrogen) atoms. The second-order valence-electron chi connectivity index (χ2n) is 3.90. The molecule has 0 spiro atoms. The Morgan fingerprint density at radius 3 is 2.55 bits per heavy atom. The minimum atomic E-state index is -3.93. The van der Waals surface area contributed by atoms with Gasteiger partial charge in [0.05, 0.1) is 7.11 Å². The molecule has 0 atom stereocenters. The summed E-state index contributed by atoms with van der Waals surface area (Å²) in [5, 5.41) is 9.40. The van der Waals surface area contributed by atoms with E-state index in [2.05, 4.69) is 4.74 Å². The Labute approximate surface area is 117 Å². The average Bonchev–Trinajstić information content (AvgIpc) is 2.38. The highest BCUT2D eigenvalue weighted by molar-refractivity contribution is 7.84. The first-order valence-corrected chi connectivity index (χ1v) is 6.84. The van der Waals surface area contributed by atoms with Gasteiger partial charge < -0.3 is 14.0 Å². The number of benzene rings is 1. The molecule has 0 amide bonds. The second-order valence-corrected chi connectivity index (χ2v) is 5.65. The molecule has 0 radical (unpaired) electrons. The molecule has 0 unspecified atom stereocenters. The molecule has 1 rings (SSSR count). The van der Waals surface area contributed by atoms with Gasteiger partial charge in [-0.05, 0) is 24.3 Å². The van der Waals surface area contributed by atoms with Crippen molar-refractivity contribution in [2.45, 2.75) is 0 Å². The van der Waals surface area contributed by atoms with Crippen molar-refractivity contribution in [2.24, 2.45) is 0 Å². The summed E-state index contributed by atoms with van der Waals surface area (Å²) in [6.07, 6.45) is 2.37. The van der Waals surface area contributed by atoms with Gasteiger partial charge >= 0.3 is 16.3 Å². The third-order valence-corrected chi connectivity index (χ3v) is 3.52. The molecule has 0 saturated carbocycles. The molecule has 7 nitrogen and oxygen atoms in total. The summed E-state index contributed by atoms with van der Waals surface area (Å²) in [6.45, 7) is 0. The lowest BCUT2D eigenvalue weighted by atomic mass is 10.2. The number of nitrogens with zero attached hydrogens (tertiary/aromatic N) is 1. The number of carbonyl (C=O) groups excluding carboxylic acids is 1. The third kappa shape index (κ3) is 4.25. The van der Waals surface area contributed by atoms with Crippen LogP contribution in [0, 0.1) is 0 Å². The summed E-state index contributed by atoms with van der Waals surface area (Å²) >= 11 is 0. The highest BCUT2D eigenvalue weighted by atomic mass is 32.2. The fourth-order valence-corrected chi connectivity index (χ4v) is 1.68. The number of carbonyl (C=O) groups is 1. The summed E-state index contributed by atoms with van der Waals surface area (Å²) in [7, 11) is -0.0794. The van der Waals surface area contributed by atoms with Crippen molar-refractivity contribution >= 4 is 22.3 Å². The molecule has 110 valence electrons. The van der Waals surface area contributed by atoms with Crippen molar-refractivity contribution < 1.29 is 27.2 Å². The molecule has 1 N–H and O–H groups in total. The van der Waals surface area contributed by atoms with Gasteiger partial charge in [0.1, 0.15) is 5.75 Å². The number of methoxy groups -OCH3 is 1. The first kappa shape index (κ1) is 16.0. The van der Waals surface area contributed by atoms with E-state index in [4.69, 9.17) is 4.18 Å². The van der Waals surface area contributed by atoms with Crippen molar-refractivity contribution in [3.8, 4) is 11.5 Å². The number of rotatable bonds is 5. The molecule has 0 aliphatic rings. The van der Waals surface area contributed by atoms with Crippen LogP contribution < -0.4 is 4.18 Å².